The minimum absolute atomic E-state index is 0.0400. The van der Waals surface area contributed by atoms with Gasteiger partial charge in [-0.15, -0.1) is 0 Å². The van der Waals surface area contributed by atoms with E-state index in [-0.39, 0.29) is 6.04 Å². The molecule has 0 aromatic heterocycles. The van der Waals surface area contributed by atoms with Crippen molar-refractivity contribution in [1.29, 1.82) is 0 Å². The Kier molecular flexibility index (Phi) is 3.95. The molecule has 3 aromatic rings. The molecule has 0 aliphatic carbocycles. The molecule has 2 nitrogen and oxygen atoms in total. The Morgan fingerprint density at radius 3 is 2.19 bits per heavy atom. The second kappa shape index (κ2) is 5.88. The van der Waals surface area contributed by atoms with Gasteiger partial charge in [0, 0.05) is 10.5 Å². The van der Waals surface area contributed by atoms with Gasteiger partial charge in [0.05, 0.1) is 0 Å². The SMILES string of the molecule is C[C@@H](N)c1ccc(Oc2ccc3cc(Br)ccc3c2)cc1. The molecule has 21 heavy (non-hydrogen) atoms. The van der Waals surface area contributed by atoms with Gasteiger partial charge in [0.1, 0.15) is 11.5 Å². The first-order valence-corrected chi connectivity index (χ1v) is 7.64. The fourth-order valence-corrected chi connectivity index (χ4v) is 2.61. The van der Waals surface area contributed by atoms with Crippen LogP contribution >= 0.6 is 15.9 Å². The van der Waals surface area contributed by atoms with E-state index in [4.69, 9.17) is 10.5 Å². The molecule has 0 aliphatic heterocycles. The molecular formula is C18H16BrNO. The Bertz CT molecular complexity index is 766. The summed E-state index contributed by atoms with van der Waals surface area (Å²) in [6, 6.07) is 20.2. The lowest BCUT2D eigenvalue weighted by molar-refractivity contribution is 0.483. The molecule has 1 atom stereocenters. The number of fused-ring (bicyclic) bond motifs is 1. The molecule has 0 bridgehead atoms. The molecular weight excluding hydrogens is 326 g/mol. The summed E-state index contributed by atoms with van der Waals surface area (Å²) in [6.45, 7) is 1.97. The lowest BCUT2D eigenvalue weighted by Crippen LogP contribution is -2.04. The highest BCUT2D eigenvalue weighted by molar-refractivity contribution is 9.10. The van der Waals surface area contributed by atoms with E-state index in [0.29, 0.717) is 0 Å². The predicted molar refractivity (Wildman–Crippen MR) is 90.8 cm³/mol. The highest BCUT2D eigenvalue weighted by Crippen LogP contribution is 2.28. The molecule has 0 heterocycles. The van der Waals surface area contributed by atoms with Gasteiger partial charge in [-0.05, 0) is 59.7 Å². The molecule has 3 aromatic carbocycles. The number of benzene rings is 3. The van der Waals surface area contributed by atoms with E-state index in [1.807, 2.05) is 49.4 Å². The molecule has 0 spiro atoms. The maximum Gasteiger partial charge on any atom is 0.128 e. The predicted octanol–water partition coefficient (Wildman–Crippen LogP) is 5.41. The Morgan fingerprint density at radius 1 is 0.857 bits per heavy atom. The molecule has 0 radical (unpaired) electrons. The minimum atomic E-state index is 0.0400. The largest absolute Gasteiger partial charge is 0.457 e. The standard InChI is InChI=1S/C18H16BrNO/c1-12(20)13-3-7-17(8-4-13)21-18-9-5-14-10-16(19)6-2-15(14)11-18/h2-12H,20H2,1H3/t12-/m1/s1. The zero-order valence-electron chi connectivity index (χ0n) is 11.7. The molecule has 0 fully saturated rings. The summed E-state index contributed by atoms with van der Waals surface area (Å²) in [5.74, 6) is 1.65. The molecule has 106 valence electrons. The summed E-state index contributed by atoms with van der Waals surface area (Å²) in [5, 5.41) is 2.34. The van der Waals surface area contributed by atoms with E-state index in [2.05, 4.69) is 34.1 Å². The second-order valence-corrected chi connectivity index (χ2v) is 6.03. The zero-order valence-corrected chi connectivity index (χ0v) is 13.3. The van der Waals surface area contributed by atoms with E-state index >= 15 is 0 Å². The summed E-state index contributed by atoms with van der Waals surface area (Å²) in [5.41, 5.74) is 6.95. The molecule has 3 rings (SSSR count). The third-order valence-electron chi connectivity index (χ3n) is 3.42. The molecule has 0 unspecified atom stereocenters. The highest BCUT2D eigenvalue weighted by atomic mass is 79.9. The lowest BCUT2D eigenvalue weighted by Gasteiger charge is -2.09. The van der Waals surface area contributed by atoms with Crippen LogP contribution in [0.1, 0.15) is 18.5 Å². The first kappa shape index (κ1) is 14.1. The van der Waals surface area contributed by atoms with Crippen molar-refractivity contribution in [2.45, 2.75) is 13.0 Å². The van der Waals surface area contributed by atoms with E-state index in [1.54, 1.807) is 0 Å². The van der Waals surface area contributed by atoms with Crippen LogP contribution in [0.5, 0.6) is 11.5 Å². The maximum absolute atomic E-state index is 5.90. The van der Waals surface area contributed by atoms with Gasteiger partial charge in [0.25, 0.3) is 0 Å². The van der Waals surface area contributed by atoms with Crippen LogP contribution in [0.3, 0.4) is 0 Å². The molecule has 0 saturated heterocycles. The summed E-state index contributed by atoms with van der Waals surface area (Å²) in [4.78, 5) is 0. The summed E-state index contributed by atoms with van der Waals surface area (Å²) < 4.78 is 6.98. The van der Waals surface area contributed by atoms with Gasteiger partial charge in [-0.25, -0.2) is 0 Å². The van der Waals surface area contributed by atoms with Crippen LogP contribution in [0.15, 0.2) is 65.1 Å². The number of hydrogen-bond donors (Lipinski definition) is 1. The fourth-order valence-electron chi connectivity index (χ4n) is 2.23. The van der Waals surface area contributed by atoms with E-state index in [9.17, 15) is 0 Å². The molecule has 0 amide bonds. The van der Waals surface area contributed by atoms with Crippen LogP contribution in [-0.4, -0.2) is 0 Å². The van der Waals surface area contributed by atoms with Crippen molar-refractivity contribution in [1.82, 2.24) is 0 Å². The number of rotatable bonds is 3. The van der Waals surface area contributed by atoms with Gasteiger partial charge in [-0.1, -0.05) is 40.2 Å². The third-order valence-corrected chi connectivity index (χ3v) is 3.91. The molecule has 0 saturated carbocycles. The normalized spacial score (nSPS) is 12.3. The van der Waals surface area contributed by atoms with E-state index in [1.165, 1.54) is 5.39 Å². The minimum Gasteiger partial charge on any atom is -0.457 e. The lowest BCUT2D eigenvalue weighted by atomic mass is 10.1. The topological polar surface area (TPSA) is 35.2 Å². The first-order valence-electron chi connectivity index (χ1n) is 6.84. The summed E-state index contributed by atoms with van der Waals surface area (Å²) >= 11 is 3.48. The second-order valence-electron chi connectivity index (χ2n) is 5.11. The Balaban J connectivity index is 1.85. The number of ether oxygens (including phenoxy) is 1. The highest BCUT2D eigenvalue weighted by Gasteiger charge is 2.02. The van der Waals surface area contributed by atoms with Crippen molar-refractivity contribution >= 4 is 26.7 Å². The Hall–Kier alpha value is -1.84. The number of hydrogen-bond acceptors (Lipinski definition) is 2. The quantitative estimate of drug-likeness (QED) is 0.690. The van der Waals surface area contributed by atoms with Crippen LogP contribution in [-0.2, 0) is 0 Å². The van der Waals surface area contributed by atoms with Gasteiger partial charge in [0.15, 0.2) is 0 Å². The van der Waals surface area contributed by atoms with Crippen LogP contribution in [0.2, 0.25) is 0 Å². The summed E-state index contributed by atoms with van der Waals surface area (Å²) in [7, 11) is 0. The van der Waals surface area contributed by atoms with Crippen molar-refractivity contribution in [2.75, 3.05) is 0 Å². The third kappa shape index (κ3) is 3.26. The molecule has 0 aliphatic rings. The average Bonchev–Trinajstić information content (AvgIpc) is 2.48. The Morgan fingerprint density at radius 2 is 1.48 bits per heavy atom. The number of halogens is 1. The van der Waals surface area contributed by atoms with Crippen molar-refractivity contribution in [3.63, 3.8) is 0 Å². The number of nitrogens with two attached hydrogens (primary N) is 1. The zero-order chi connectivity index (χ0) is 14.8. The Labute approximate surface area is 132 Å². The molecule has 3 heteroatoms. The monoisotopic (exact) mass is 341 g/mol. The van der Waals surface area contributed by atoms with Crippen molar-refractivity contribution in [2.24, 2.45) is 5.73 Å². The summed E-state index contributed by atoms with van der Waals surface area (Å²) in [6.07, 6.45) is 0. The van der Waals surface area contributed by atoms with Gasteiger partial charge in [-0.2, -0.15) is 0 Å². The van der Waals surface area contributed by atoms with Gasteiger partial charge in [0.2, 0.25) is 0 Å². The van der Waals surface area contributed by atoms with Crippen LogP contribution in [0.25, 0.3) is 10.8 Å². The van der Waals surface area contributed by atoms with Crippen LogP contribution in [0, 0.1) is 0 Å². The smallest absolute Gasteiger partial charge is 0.128 e. The van der Waals surface area contributed by atoms with Crippen molar-refractivity contribution in [3.8, 4) is 11.5 Å². The van der Waals surface area contributed by atoms with Crippen LogP contribution in [0.4, 0.5) is 0 Å². The van der Waals surface area contributed by atoms with Gasteiger partial charge >= 0.3 is 0 Å². The molecule has 2 N–H and O–H groups in total. The van der Waals surface area contributed by atoms with Gasteiger partial charge in [-0.3, -0.25) is 0 Å². The van der Waals surface area contributed by atoms with E-state index in [0.717, 1.165) is 26.9 Å². The average molecular weight is 342 g/mol. The fraction of sp³-hybridized carbons (Fsp3) is 0.111. The van der Waals surface area contributed by atoms with Crippen molar-refractivity contribution < 1.29 is 4.74 Å². The first-order chi connectivity index (χ1) is 10.1. The van der Waals surface area contributed by atoms with E-state index < -0.39 is 0 Å². The van der Waals surface area contributed by atoms with Crippen LogP contribution < -0.4 is 10.5 Å². The van der Waals surface area contributed by atoms with Gasteiger partial charge < -0.3 is 10.5 Å². The van der Waals surface area contributed by atoms with Crippen molar-refractivity contribution in [3.05, 3.63) is 70.7 Å². The maximum atomic E-state index is 5.90.